The zero-order valence-electron chi connectivity index (χ0n) is 23.7. The van der Waals surface area contributed by atoms with Crippen LogP contribution in [0.4, 0.5) is 30.9 Å². The minimum atomic E-state index is -1.75. The molecule has 13 nitrogen and oxygen atoms in total. The Morgan fingerprint density at radius 1 is 1.07 bits per heavy atom. The van der Waals surface area contributed by atoms with Gasteiger partial charge in [0.2, 0.25) is 12.2 Å². The Hall–Kier alpha value is -5.15. The third-order valence-corrected chi connectivity index (χ3v) is 6.71. The standard InChI is InChI=1S/C28H29F2N9O4/c1-31-27(41)32-16-8-10-17(11-9-16)39-21(15-36(2)3)24-25(35-39)37(14-18-19(29)6-5-7-20(18)30)28(42)38(26(24)40)22-12-13-23(43-4)34-33-22/h5-13,28,42H,14-15H2,1-4H3,(H2,31,32,41). The van der Waals surface area contributed by atoms with Crippen molar-refractivity contribution in [3.63, 3.8) is 0 Å². The fourth-order valence-electron chi connectivity index (χ4n) is 4.66. The number of anilines is 3. The number of urea groups is 1. The zero-order valence-corrected chi connectivity index (χ0v) is 23.7. The van der Waals surface area contributed by atoms with Crippen molar-refractivity contribution in [2.45, 2.75) is 19.4 Å². The lowest BCUT2D eigenvalue weighted by atomic mass is 10.1. The van der Waals surface area contributed by atoms with Gasteiger partial charge in [-0.2, -0.15) is 0 Å². The molecule has 3 amide bonds. The number of aromatic nitrogens is 4. The van der Waals surface area contributed by atoms with E-state index in [0.29, 0.717) is 17.1 Å². The first kappa shape index (κ1) is 29.3. The first-order chi connectivity index (χ1) is 20.6. The molecule has 1 aliphatic rings. The number of ether oxygens (including phenoxy) is 1. The van der Waals surface area contributed by atoms with Crippen LogP contribution in [0.3, 0.4) is 0 Å². The summed E-state index contributed by atoms with van der Waals surface area (Å²) in [6, 6.07) is 12.7. The van der Waals surface area contributed by atoms with Gasteiger partial charge in [-0.1, -0.05) is 6.07 Å². The van der Waals surface area contributed by atoms with E-state index in [1.54, 1.807) is 24.3 Å². The van der Waals surface area contributed by atoms with Gasteiger partial charge in [-0.25, -0.2) is 23.2 Å². The minimum absolute atomic E-state index is 0.0160. The van der Waals surface area contributed by atoms with E-state index in [0.717, 1.165) is 17.0 Å². The van der Waals surface area contributed by atoms with Gasteiger partial charge in [0, 0.05) is 30.9 Å². The molecule has 0 saturated carbocycles. The Kier molecular flexibility index (Phi) is 8.18. The number of aliphatic hydroxyl groups excluding tert-OH is 1. The first-order valence-corrected chi connectivity index (χ1v) is 13.1. The highest BCUT2D eigenvalue weighted by Crippen LogP contribution is 2.37. The quantitative estimate of drug-likeness (QED) is 0.281. The van der Waals surface area contributed by atoms with Gasteiger partial charge in [0.15, 0.2) is 11.6 Å². The number of halogens is 2. The number of hydrogen-bond donors (Lipinski definition) is 3. The SMILES string of the molecule is CNC(=O)Nc1ccc(-n2nc3c(c2CN(C)C)C(=O)N(c2ccc(OC)nn2)C(O)N3Cc2c(F)cccc2F)cc1. The number of rotatable bonds is 8. The number of nitrogens with zero attached hydrogens (tertiary/aromatic N) is 7. The van der Waals surface area contributed by atoms with E-state index >= 15 is 0 Å². The van der Waals surface area contributed by atoms with E-state index in [2.05, 4.69) is 25.9 Å². The Morgan fingerprint density at radius 2 is 1.77 bits per heavy atom. The molecule has 5 rings (SSSR count). The molecule has 1 aliphatic heterocycles. The molecule has 0 aliphatic carbocycles. The van der Waals surface area contributed by atoms with Crippen LogP contribution in [-0.4, -0.2) is 76.5 Å². The van der Waals surface area contributed by atoms with Gasteiger partial charge in [-0.15, -0.1) is 15.3 Å². The highest BCUT2D eigenvalue weighted by molar-refractivity contribution is 6.12. The van der Waals surface area contributed by atoms with Gasteiger partial charge < -0.3 is 30.3 Å². The Labute approximate surface area is 245 Å². The van der Waals surface area contributed by atoms with Crippen molar-refractivity contribution in [1.82, 2.24) is 30.2 Å². The van der Waals surface area contributed by atoms with Crippen LogP contribution in [-0.2, 0) is 13.1 Å². The average molecular weight is 594 g/mol. The fourth-order valence-corrected chi connectivity index (χ4v) is 4.66. The summed E-state index contributed by atoms with van der Waals surface area (Å²) in [4.78, 5) is 29.9. The highest BCUT2D eigenvalue weighted by atomic mass is 19.1. The van der Waals surface area contributed by atoms with Crippen LogP contribution in [0.1, 0.15) is 21.6 Å². The normalized spacial score (nSPS) is 14.6. The van der Waals surface area contributed by atoms with E-state index in [-0.39, 0.29) is 35.2 Å². The maximum absolute atomic E-state index is 14.8. The number of fused-ring (bicyclic) bond motifs is 1. The van der Waals surface area contributed by atoms with E-state index in [9.17, 15) is 23.5 Å². The molecule has 0 saturated heterocycles. The van der Waals surface area contributed by atoms with E-state index < -0.39 is 36.5 Å². The van der Waals surface area contributed by atoms with E-state index in [1.165, 1.54) is 41.9 Å². The van der Waals surface area contributed by atoms with Gasteiger partial charge in [0.05, 0.1) is 25.0 Å². The molecule has 43 heavy (non-hydrogen) atoms. The summed E-state index contributed by atoms with van der Waals surface area (Å²) in [6.45, 7) is -0.236. The molecular weight excluding hydrogens is 564 g/mol. The molecule has 3 N–H and O–H groups in total. The number of methoxy groups -OCH3 is 1. The monoisotopic (exact) mass is 593 g/mol. The van der Waals surface area contributed by atoms with Crippen molar-refractivity contribution >= 4 is 29.3 Å². The van der Waals surface area contributed by atoms with Crippen LogP contribution < -0.4 is 25.2 Å². The second-order valence-corrected chi connectivity index (χ2v) is 9.83. The van der Waals surface area contributed by atoms with Crippen LogP contribution in [0.2, 0.25) is 0 Å². The number of amides is 3. The smallest absolute Gasteiger partial charge is 0.318 e. The third-order valence-electron chi connectivity index (χ3n) is 6.71. The second kappa shape index (κ2) is 12.0. The largest absolute Gasteiger partial charge is 0.480 e. The van der Waals surface area contributed by atoms with E-state index in [1.807, 2.05) is 19.0 Å². The Balaban J connectivity index is 1.68. The number of nitrogens with one attached hydrogen (secondary N) is 2. The van der Waals surface area contributed by atoms with Crippen LogP contribution in [0.15, 0.2) is 54.6 Å². The Bertz CT molecular complexity index is 1630. The molecule has 224 valence electrons. The molecule has 0 bridgehead atoms. The van der Waals surface area contributed by atoms with Gasteiger partial charge in [-0.05, 0) is 56.6 Å². The molecule has 2 aromatic heterocycles. The maximum atomic E-state index is 14.8. The van der Waals surface area contributed by atoms with Gasteiger partial charge in [-0.3, -0.25) is 4.79 Å². The summed E-state index contributed by atoms with van der Waals surface area (Å²) >= 11 is 0. The summed E-state index contributed by atoms with van der Waals surface area (Å²) in [5.41, 5.74) is 1.26. The van der Waals surface area contributed by atoms with Crippen molar-refractivity contribution in [1.29, 1.82) is 0 Å². The molecule has 0 fully saturated rings. The number of benzene rings is 2. The van der Waals surface area contributed by atoms with Crippen molar-refractivity contribution in [2.24, 2.45) is 0 Å². The molecule has 1 unspecified atom stereocenters. The number of aliphatic hydroxyl groups is 1. The molecule has 3 heterocycles. The molecule has 0 spiro atoms. The summed E-state index contributed by atoms with van der Waals surface area (Å²) in [7, 11) is 6.52. The minimum Gasteiger partial charge on any atom is -0.480 e. The maximum Gasteiger partial charge on any atom is 0.318 e. The number of hydrogen-bond acceptors (Lipinski definition) is 9. The summed E-state index contributed by atoms with van der Waals surface area (Å²) in [5.74, 6) is -2.11. The third kappa shape index (κ3) is 5.67. The molecule has 2 aromatic carbocycles. The van der Waals surface area contributed by atoms with E-state index in [4.69, 9.17) is 4.74 Å². The van der Waals surface area contributed by atoms with Crippen molar-refractivity contribution in [3.05, 3.63) is 83.1 Å². The van der Waals surface area contributed by atoms with Crippen molar-refractivity contribution in [3.8, 4) is 11.6 Å². The van der Waals surface area contributed by atoms with Gasteiger partial charge in [0.1, 0.15) is 17.2 Å². The lowest BCUT2D eigenvalue weighted by Gasteiger charge is -2.39. The lowest BCUT2D eigenvalue weighted by molar-refractivity contribution is 0.0848. The topological polar surface area (TPSA) is 141 Å². The second-order valence-electron chi connectivity index (χ2n) is 9.83. The van der Waals surface area contributed by atoms with Crippen LogP contribution in [0, 0.1) is 11.6 Å². The molecule has 1 atom stereocenters. The van der Waals surface area contributed by atoms with Crippen LogP contribution in [0.5, 0.6) is 5.88 Å². The van der Waals surface area contributed by atoms with Crippen molar-refractivity contribution in [2.75, 3.05) is 43.4 Å². The van der Waals surface area contributed by atoms with Gasteiger partial charge >= 0.3 is 6.03 Å². The number of carbonyl (C=O) groups excluding carboxylic acids is 2. The number of carbonyl (C=O) groups is 2. The predicted octanol–water partition coefficient (Wildman–Crippen LogP) is 2.70. The molecule has 0 radical (unpaired) electrons. The molecular formula is C28H29F2N9O4. The molecule has 4 aromatic rings. The Morgan fingerprint density at radius 3 is 2.35 bits per heavy atom. The fraction of sp³-hybridized carbons (Fsp3) is 0.250. The lowest BCUT2D eigenvalue weighted by Crippen LogP contribution is -2.56. The molecule has 15 heteroatoms. The highest BCUT2D eigenvalue weighted by Gasteiger charge is 2.44. The average Bonchev–Trinajstić information content (AvgIpc) is 3.35. The summed E-state index contributed by atoms with van der Waals surface area (Å²) in [5, 5.41) is 29.3. The van der Waals surface area contributed by atoms with Gasteiger partial charge in [0.25, 0.3) is 5.91 Å². The summed E-state index contributed by atoms with van der Waals surface area (Å²) in [6.07, 6.45) is -1.75. The first-order valence-electron chi connectivity index (χ1n) is 13.1. The van der Waals surface area contributed by atoms with Crippen LogP contribution >= 0.6 is 0 Å². The van der Waals surface area contributed by atoms with Crippen LogP contribution in [0.25, 0.3) is 5.69 Å². The summed E-state index contributed by atoms with van der Waals surface area (Å²) < 4.78 is 36.3. The predicted molar refractivity (Wildman–Crippen MR) is 153 cm³/mol. The van der Waals surface area contributed by atoms with Crippen molar-refractivity contribution < 1.29 is 28.2 Å². The zero-order chi connectivity index (χ0) is 30.8.